The van der Waals surface area contributed by atoms with Gasteiger partial charge in [0.05, 0.1) is 13.2 Å². The number of amides is 1. The van der Waals surface area contributed by atoms with Crippen LogP contribution in [-0.4, -0.2) is 99.1 Å². The summed E-state index contributed by atoms with van der Waals surface area (Å²) in [5.41, 5.74) is 0. The maximum Gasteiger partial charge on any atom is 0.305 e. The van der Waals surface area contributed by atoms with Crippen LogP contribution in [0.3, 0.4) is 0 Å². The van der Waals surface area contributed by atoms with Crippen LogP contribution in [0.2, 0.25) is 0 Å². The molecule has 2 unspecified atom stereocenters. The lowest BCUT2D eigenvalue weighted by Crippen LogP contribution is -2.35. The van der Waals surface area contributed by atoms with Gasteiger partial charge in [-0.05, 0) is 109 Å². The monoisotopic (exact) mass is 1020 g/mol. The van der Waals surface area contributed by atoms with Crippen molar-refractivity contribution < 1.29 is 23.9 Å². The molecule has 0 aromatic rings. The lowest BCUT2D eigenvalue weighted by molar-refractivity contribution is -0.146. The predicted molar refractivity (Wildman–Crippen MR) is 312 cm³/mol. The molecule has 0 aromatic heterocycles. The summed E-state index contributed by atoms with van der Waals surface area (Å²) in [6, 6.07) is 0. The first-order valence-electron chi connectivity index (χ1n) is 32.2. The first-order valence-corrected chi connectivity index (χ1v) is 32.2. The summed E-state index contributed by atoms with van der Waals surface area (Å²) in [5.74, 6) is 1.38. The second-order valence-corrected chi connectivity index (χ2v) is 22.8. The zero-order valence-corrected chi connectivity index (χ0v) is 49.8. The van der Waals surface area contributed by atoms with Gasteiger partial charge in [-0.3, -0.25) is 14.4 Å². The van der Waals surface area contributed by atoms with E-state index in [0.29, 0.717) is 50.2 Å². The number of nitrogens with zero attached hydrogens (tertiary/aromatic N) is 3. The summed E-state index contributed by atoms with van der Waals surface area (Å²) in [4.78, 5) is 45.3. The third-order valence-electron chi connectivity index (χ3n) is 15.5. The quantitative estimate of drug-likeness (QED) is 0.0443. The minimum absolute atomic E-state index is 0.0103. The van der Waals surface area contributed by atoms with Gasteiger partial charge in [0.25, 0.3) is 0 Å². The van der Waals surface area contributed by atoms with Gasteiger partial charge in [0.15, 0.2) is 0 Å². The molecule has 2 atom stereocenters. The van der Waals surface area contributed by atoms with Crippen molar-refractivity contribution in [2.75, 3.05) is 66.6 Å². The molecule has 0 fully saturated rings. The molecule has 72 heavy (non-hydrogen) atoms. The predicted octanol–water partition coefficient (Wildman–Crippen LogP) is 18.3. The van der Waals surface area contributed by atoms with Crippen molar-refractivity contribution in [3.8, 4) is 0 Å². The average Bonchev–Trinajstić information content (AvgIpc) is 3.38. The fraction of sp³-hybridized carbons (Fsp3) is 0.953. The van der Waals surface area contributed by atoms with Gasteiger partial charge in [-0.25, -0.2) is 0 Å². The topological polar surface area (TPSA) is 79.4 Å². The van der Waals surface area contributed by atoms with E-state index in [1.165, 1.54) is 218 Å². The Kier molecular flexibility index (Phi) is 54.3. The highest BCUT2D eigenvalue weighted by Gasteiger charge is 2.15. The number of esters is 2. The van der Waals surface area contributed by atoms with Gasteiger partial charge in [-0.2, -0.15) is 0 Å². The summed E-state index contributed by atoms with van der Waals surface area (Å²) in [5, 5.41) is 0. The Hall–Kier alpha value is -1.67. The minimum atomic E-state index is 0.0103. The third kappa shape index (κ3) is 49.2. The molecule has 0 aromatic carbocycles. The second kappa shape index (κ2) is 55.6. The Morgan fingerprint density at radius 2 is 0.625 bits per heavy atom. The number of carbonyl (C=O) groups is 3. The Bertz CT molecular complexity index is 1090. The molecule has 0 heterocycles. The minimum Gasteiger partial charge on any atom is -0.465 e. The van der Waals surface area contributed by atoms with E-state index in [1.807, 2.05) is 11.9 Å². The van der Waals surface area contributed by atoms with E-state index in [2.05, 4.69) is 51.5 Å². The number of hydrogen-bond acceptors (Lipinski definition) is 7. The maximum absolute atomic E-state index is 12.8. The van der Waals surface area contributed by atoms with E-state index in [4.69, 9.17) is 9.47 Å². The SMILES string of the molecule is CCCCCCCCC(CCCCCC)COC(=O)CCCCCCCN(CCCCCCCC(=O)OCC(CCCCCC)CCCCCCCC)CCN(C)CCCCN(C)C(=O)CCCCCCC. The molecule has 0 saturated carbocycles. The van der Waals surface area contributed by atoms with Crippen LogP contribution in [0.4, 0.5) is 0 Å². The first-order chi connectivity index (χ1) is 35.2. The molecular formula is C64H127N3O5. The van der Waals surface area contributed by atoms with E-state index >= 15 is 0 Å². The fourth-order valence-electron chi connectivity index (χ4n) is 10.3. The Morgan fingerprint density at radius 3 is 1.03 bits per heavy atom. The van der Waals surface area contributed by atoms with Crippen LogP contribution in [0.5, 0.6) is 0 Å². The summed E-state index contributed by atoms with van der Waals surface area (Å²) in [6.45, 7) is 18.9. The Labute approximate surface area is 450 Å². The van der Waals surface area contributed by atoms with Crippen molar-refractivity contribution in [3.05, 3.63) is 0 Å². The van der Waals surface area contributed by atoms with Crippen molar-refractivity contribution in [1.29, 1.82) is 0 Å². The van der Waals surface area contributed by atoms with E-state index in [-0.39, 0.29) is 11.9 Å². The van der Waals surface area contributed by atoms with Gasteiger partial charge in [-0.15, -0.1) is 0 Å². The molecule has 0 rings (SSSR count). The summed E-state index contributed by atoms with van der Waals surface area (Å²) >= 11 is 0. The molecule has 0 saturated heterocycles. The average molecular weight is 1020 g/mol. The van der Waals surface area contributed by atoms with Crippen LogP contribution in [0, 0.1) is 11.8 Å². The smallest absolute Gasteiger partial charge is 0.305 e. The summed E-state index contributed by atoms with van der Waals surface area (Å²) in [6.07, 6.45) is 52.1. The molecule has 0 aliphatic rings. The maximum atomic E-state index is 12.8. The number of hydrogen-bond donors (Lipinski definition) is 0. The van der Waals surface area contributed by atoms with Crippen LogP contribution >= 0.6 is 0 Å². The zero-order valence-electron chi connectivity index (χ0n) is 49.8. The van der Waals surface area contributed by atoms with Crippen molar-refractivity contribution in [3.63, 3.8) is 0 Å². The summed E-state index contributed by atoms with van der Waals surface area (Å²) in [7, 11) is 4.23. The molecule has 0 radical (unpaired) electrons. The van der Waals surface area contributed by atoms with Crippen LogP contribution in [0.1, 0.15) is 317 Å². The molecule has 0 spiro atoms. The highest BCUT2D eigenvalue weighted by molar-refractivity contribution is 5.75. The van der Waals surface area contributed by atoms with Crippen molar-refractivity contribution in [2.45, 2.75) is 317 Å². The number of ether oxygens (including phenoxy) is 2. The second-order valence-electron chi connectivity index (χ2n) is 22.8. The summed E-state index contributed by atoms with van der Waals surface area (Å²) < 4.78 is 11.8. The van der Waals surface area contributed by atoms with Crippen LogP contribution in [-0.2, 0) is 23.9 Å². The van der Waals surface area contributed by atoms with Gasteiger partial charge >= 0.3 is 11.9 Å². The van der Waals surface area contributed by atoms with Crippen molar-refractivity contribution in [2.24, 2.45) is 11.8 Å². The zero-order chi connectivity index (χ0) is 52.8. The van der Waals surface area contributed by atoms with Crippen molar-refractivity contribution in [1.82, 2.24) is 14.7 Å². The molecular weight excluding hydrogens is 891 g/mol. The molecule has 8 heteroatoms. The molecule has 0 aliphatic heterocycles. The number of carbonyl (C=O) groups excluding carboxylic acids is 3. The highest BCUT2D eigenvalue weighted by Crippen LogP contribution is 2.22. The highest BCUT2D eigenvalue weighted by atomic mass is 16.5. The molecule has 0 aliphatic carbocycles. The van der Waals surface area contributed by atoms with E-state index in [1.54, 1.807) is 0 Å². The van der Waals surface area contributed by atoms with Gasteiger partial charge in [0.2, 0.25) is 5.91 Å². The Morgan fingerprint density at radius 1 is 0.319 bits per heavy atom. The van der Waals surface area contributed by atoms with E-state index in [0.717, 1.165) is 84.2 Å². The van der Waals surface area contributed by atoms with Gasteiger partial charge in [-0.1, -0.05) is 227 Å². The molecule has 428 valence electrons. The molecule has 8 nitrogen and oxygen atoms in total. The van der Waals surface area contributed by atoms with Gasteiger partial charge in [0.1, 0.15) is 0 Å². The standard InChI is InChI=1S/C64H127N3O5/c1-8-13-18-23-28-36-47-60(45-34-21-16-11-4)58-71-63(69)50-39-30-25-32-41-54-67(57-56-65(6)52-43-44-53-66(7)62(68)49-38-27-20-15-10-3)55-42-33-26-31-40-51-64(70)72-59-61(46-35-22-17-12-5)48-37-29-24-19-14-9-2/h60-61H,8-59H2,1-7H3. The van der Waals surface area contributed by atoms with Crippen molar-refractivity contribution >= 4 is 17.8 Å². The van der Waals surface area contributed by atoms with Crippen LogP contribution in [0.15, 0.2) is 0 Å². The number of likely N-dealkylation sites (N-methyl/N-ethyl adjacent to an activating group) is 1. The molecule has 0 bridgehead atoms. The van der Waals surface area contributed by atoms with E-state index in [9.17, 15) is 14.4 Å². The number of unbranched alkanes of at least 4 members (excludes halogenated alkanes) is 29. The van der Waals surface area contributed by atoms with Crippen LogP contribution < -0.4 is 0 Å². The largest absolute Gasteiger partial charge is 0.465 e. The number of rotatable bonds is 58. The lowest BCUT2D eigenvalue weighted by Gasteiger charge is -2.26. The van der Waals surface area contributed by atoms with Crippen LogP contribution in [0.25, 0.3) is 0 Å². The third-order valence-corrected chi connectivity index (χ3v) is 15.5. The van der Waals surface area contributed by atoms with Gasteiger partial charge < -0.3 is 24.2 Å². The Balaban J connectivity index is 4.82. The first kappa shape index (κ1) is 70.3. The lowest BCUT2D eigenvalue weighted by atomic mass is 9.95. The van der Waals surface area contributed by atoms with Gasteiger partial charge in [0, 0.05) is 45.9 Å². The molecule has 0 N–H and O–H groups in total. The van der Waals surface area contributed by atoms with E-state index < -0.39 is 0 Å². The molecule has 1 amide bonds. The fourth-order valence-corrected chi connectivity index (χ4v) is 10.3. The normalized spacial score (nSPS) is 12.5.